The van der Waals surface area contributed by atoms with Crippen molar-refractivity contribution in [3.8, 4) is 0 Å². The summed E-state index contributed by atoms with van der Waals surface area (Å²) in [6.45, 7) is 8.64. The first-order chi connectivity index (χ1) is 26.2. The van der Waals surface area contributed by atoms with E-state index in [9.17, 15) is 24.9 Å². The molecule has 3 N–H and O–H groups in total. The first-order valence-electron chi connectivity index (χ1n) is 22.7. The molecule has 0 spiro atoms. The van der Waals surface area contributed by atoms with Crippen LogP contribution in [0.2, 0.25) is 0 Å². The topological polar surface area (TPSA) is 132 Å². The molecule has 0 bridgehead atoms. The minimum absolute atomic E-state index is 0.0772. The fourth-order valence-corrected chi connectivity index (χ4v) is 6.77. The van der Waals surface area contributed by atoms with Crippen LogP contribution in [-0.2, 0) is 28.5 Å². The Morgan fingerprint density at radius 2 is 0.648 bits per heavy atom. The molecule has 0 saturated heterocycles. The third-order valence-corrected chi connectivity index (χ3v) is 10.4. The van der Waals surface area contributed by atoms with Crippen molar-refractivity contribution in [2.24, 2.45) is 11.8 Å². The van der Waals surface area contributed by atoms with Gasteiger partial charge in [-0.3, -0.25) is 9.59 Å². The summed E-state index contributed by atoms with van der Waals surface area (Å²) < 4.78 is 21.0. The maximum absolute atomic E-state index is 12.0. The summed E-state index contributed by atoms with van der Waals surface area (Å²) in [5.74, 6) is 0.978. The molecule has 322 valence electrons. The number of hydrogen-bond acceptors (Lipinski definition) is 9. The van der Waals surface area contributed by atoms with E-state index >= 15 is 0 Å². The molecule has 54 heavy (non-hydrogen) atoms. The third kappa shape index (κ3) is 39.0. The molecule has 0 aromatic heterocycles. The van der Waals surface area contributed by atoms with Gasteiger partial charge in [0.1, 0.15) is 31.5 Å². The van der Waals surface area contributed by atoms with Gasteiger partial charge in [-0.05, 0) is 24.7 Å². The van der Waals surface area contributed by atoms with Crippen molar-refractivity contribution in [1.29, 1.82) is 0 Å². The number of carbonyl (C=O) groups excluding carboxylic acids is 2. The van der Waals surface area contributed by atoms with Gasteiger partial charge in [-0.1, -0.05) is 182 Å². The zero-order valence-corrected chi connectivity index (χ0v) is 35.7. The lowest BCUT2D eigenvalue weighted by molar-refractivity contribution is -0.148. The summed E-state index contributed by atoms with van der Waals surface area (Å²) in [6.07, 6.45) is 30.2. The molecule has 0 aliphatic carbocycles. The molecule has 0 aromatic carbocycles. The molecule has 0 aliphatic heterocycles. The highest BCUT2D eigenvalue weighted by Crippen LogP contribution is 2.20. The largest absolute Gasteiger partial charge is 0.463 e. The minimum Gasteiger partial charge on any atom is -0.463 e. The van der Waals surface area contributed by atoms with Gasteiger partial charge in [0.15, 0.2) is 0 Å². The standard InChI is InChI=1S/C45H88O9/c1-5-7-9-11-15-21-27-39(3)29-23-17-13-19-25-31-44(49)53-37-42(47)35-51-33-41(46)34-52-36-43(48)38-54-45(50)32-26-20-14-18-24-30-40(4)28-22-16-12-10-8-6-2/h39-43,46-48H,5-38H2,1-4H3. The highest BCUT2D eigenvalue weighted by Gasteiger charge is 2.14. The van der Waals surface area contributed by atoms with Crippen LogP contribution in [0.15, 0.2) is 0 Å². The van der Waals surface area contributed by atoms with Crippen LogP contribution in [0.3, 0.4) is 0 Å². The Balaban J connectivity index is 3.61. The summed E-state index contributed by atoms with van der Waals surface area (Å²) >= 11 is 0. The van der Waals surface area contributed by atoms with E-state index in [0.717, 1.165) is 50.4 Å². The highest BCUT2D eigenvalue weighted by molar-refractivity contribution is 5.69. The molecule has 0 saturated carbocycles. The smallest absolute Gasteiger partial charge is 0.305 e. The average molecular weight is 773 g/mol. The number of unbranched alkanes of at least 4 members (excludes halogenated alkanes) is 18. The first kappa shape index (κ1) is 52.7. The van der Waals surface area contributed by atoms with E-state index in [-0.39, 0.29) is 51.6 Å². The van der Waals surface area contributed by atoms with Crippen LogP contribution >= 0.6 is 0 Å². The van der Waals surface area contributed by atoms with Gasteiger partial charge in [0.2, 0.25) is 0 Å². The second-order valence-corrected chi connectivity index (χ2v) is 16.3. The van der Waals surface area contributed by atoms with E-state index in [0.29, 0.717) is 12.8 Å². The van der Waals surface area contributed by atoms with Gasteiger partial charge in [-0.15, -0.1) is 0 Å². The summed E-state index contributed by atoms with van der Waals surface area (Å²) in [4.78, 5) is 24.0. The van der Waals surface area contributed by atoms with Gasteiger partial charge in [0, 0.05) is 12.8 Å². The Morgan fingerprint density at radius 1 is 0.389 bits per heavy atom. The molecule has 0 fully saturated rings. The van der Waals surface area contributed by atoms with Crippen molar-refractivity contribution in [2.45, 2.75) is 226 Å². The third-order valence-electron chi connectivity index (χ3n) is 10.4. The number of rotatable bonds is 42. The van der Waals surface area contributed by atoms with E-state index in [1.54, 1.807) is 0 Å². The molecule has 0 radical (unpaired) electrons. The van der Waals surface area contributed by atoms with Crippen LogP contribution in [-0.4, -0.2) is 85.2 Å². The second-order valence-electron chi connectivity index (χ2n) is 16.3. The molecule has 0 heterocycles. The van der Waals surface area contributed by atoms with Gasteiger partial charge in [0.25, 0.3) is 0 Å². The molecular formula is C45H88O9. The number of esters is 2. The van der Waals surface area contributed by atoms with Crippen molar-refractivity contribution in [3.05, 3.63) is 0 Å². The number of carbonyl (C=O) groups is 2. The molecule has 0 aliphatic rings. The Kier molecular flexibility index (Phi) is 39.0. The van der Waals surface area contributed by atoms with E-state index in [2.05, 4.69) is 27.7 Å². The Labute approximate surface area is 332 Å². The quantitative estimate of drug-likeness (QED) is 0.0410. The lowest BCUT2D eigenvalue weighted by atomic mass is 9.96. The van der Waals surface area contributed by atoms with Crippen LogP contribution in [0.1, 0.15) is 207 Å². The van der Waals surface area contributed by atoms with Crippen molar-refractivity contribution in [2.75, 3.05) is 39.6 Å². The fourth-order valence-electron chi connectivity index (χ4n) is 6.77. The summed E-state index contributed by atoms with van der Waals surface area (Å²) in [6, 6.07) is 0. The summed E-state index contributed by atoms with van der Waals surface area (Å²) in [5.41, 5.74) is 0. The van der Waals surface area contributed by atoms with E-state index in [1.807, 2.05) is 0 Å². The highest BCUT2D eigenvalue weighted by atomic mass is 16.6. The molecule has 4 atom stereocenters. The van der Waals surface area contributed by atoms with Crippen LogP contribution < -0.4 is 0 Å². The second kappa shape index (κ2) is 40.0. The number of hydrogen-bond donors (Lipinski definition) is 3. The predicted molar refractivity (Wildman–Crippen MR) is 221 cm³/mol. The summed E-state index contributed by atoms with van der Waals surface area (Å²) in [7, 11) is 0. The van der Waals surface area contributed by atoms with Crippen LogP contribution in [0.25, 0.3) is 0 Å². The molecule has 9 nitrogen and oxygen atoms in total. The Bertz CT molecular complexity index is 746. The fraction of sp³-hybridized carbons (Fsp3) is 0.956. The lowest BCUT2D eigenvalue weighted by Crippen LogP contribution is -2.30. The van der Waals surface area contributed by atoms with Gasteiger partial charge < -0.3 is 34.3 Å². The Hall–Kier alpha value is -1.26. The van der Waals surface area contributed by atoms with Gasteiger partial charge >= 0.3 is 11.9 Å². The van der Waals surface area contributed by atoms with Gasteiger partial charge in [0.05, 0.1) is 26.4 Å². The number of ether oxygens (including phenoxy) is 4. The molecule has 0 rings (SSSR count). The normalized spacial score (nSPS) is 14.4. The zero-order valence-electron chi connectivity index (χ0n) is 35.7. The van der Waals surface area contributed by atoms with Crippen molar-refractivity contribution in [1.82, 2.24) is 0 Å². The maximum atomic E-state index is 12.0. The van der Waals surface area contributed by atoms with Crippen molar-refractivity contribution < 1.29 is 43.9 Å². The lowest BCUT2D eigenvalue weighted by Gasteiger charge is -2.16. The number of aliphatic hydroxyl groups excluding tert-OH is 3. The summed E-state index contributed by atoms with van der Waals surface area (Å²) in [5, 5.41) is 30.2. The van der Waals surface area contributed by atoms with Crippen molar-refractivity contribution >= 4 is 11.9 Å². The van der Waals surface area contributed by atoms with Crippen LogP contribution in [0.5, 0.6) is 0 Å². The molecule has 0 amide bonds. The maximum Gasteiger partial charge on any atom is 0.305 e. The molecule has 4 unspecified atom stereocenters. The van der Waals surface area contributed by atoms with Crippen LogP contribution in [0, 0.1) is 11.8 Å². The molecule has 0 aromatic rings. The van der Waals surface area contributed by atoms with Crippen LogP contribution in [0.4, 0.5) is 0 Å². The van der Waals surface area contributed by atoms with Crippen molar-refractivity contribution in [3.63, 3.8) is 0 Å². The molecular weight excluding hydrogens is 684 g/mol. The predicted octanol–water partition coefficient (Wildman–Crippen LogP) is 10.4. The first-order valence-corrected chi connectivity index (χ1v) is 22.7. The van der Waals surface area contributed by atoms with E-state index < -0.39 is 18.3 Å². The minimum atomic E-state index is -0.981. The Morgan fingerprint density at radius 3 is 0.963 bits per heavy atom. The average Bonchev–Trinajstić information content (AvgIpc) is 3.15. The van der Waals surface area contributed by atoms with Gasteiger partial charge in [-0.25, -0.2) is 0 Å². The molecule has 9 heteroatoms. The monoisotopic (exact) mass is 773 g/mol. The van der Waals surface area contributed by atoms with E-state index in [1.165, 1.54) is 128 Å². The SMILES string of the molecule is CCCCCCCCC(C)CCCCCCCC(=O)OCC(O)COCC(O)COCC(O)COC(=O)CCCCCCCC(C)CCCCCCCC. The zero-order chi connectivity index (χ0) is 39.9. The van der Waals surface area contributed by atoms with Gasteiger partial charge in [-0.2, -0.15) is 0 Å². The van der Waals surface area contributed by atoms with E-state index in [4.69, 9.17) is 18.9 Å². The number of aliphatic hydroxyl groups is 3.